The third-order valence-corrected chi connectivity index (χ3v) is 5.04. The first kappa shape index (κ1) is 17.4. The van der Waals surface area contributed by atoms with Gasteiger partial charge in [0.2, 0.25) is 5.91 Å². The van der Waals surface area contributed by atoms with E-state index in [0.29, 0.717) is 19.5 Å². The molecule has 138 valence electrons. The Kier molecular flexibility index (Phi) is 5.23. The van der Waals surface area contributed by atoms with E-state index in [-0.39, 0.29) is 5.91 Å². The Hall–Kier alpha value is -3.02. The van der Waals surface area contributed by atoms with Gasteiger partial charge in [-0.15, -0.1) is 10.2 Å². The Morgan fingerprint density at radius 3 is 2.52 bits per heavy atom. The van der Waals surface area contributed by atoms with Gasteiger partial charge in [0.1, 0.15) is 11.6 Å². The van der Waals surface area contributed by atoms with Crippen LogP contribution in [0.1, 0.15) is 22.8 Å². The maximum absolute atomic E-state index is 12.6. The lowest BCUT2D eigenvalue weighted by Crippen LogP contribution is -2.34. The van der Waals surface area contributed by atoms with Gasteiger partial charge >= 0.3 is 0 Å². The summed E-state index contributed by atoms with van der Waals surface area (Å²) in [5.41, 5.74) is 2.31. The lowest BCUT2D eigenvalue weighted by molar-refractivity contribution is -0.130. The van der Waals surface area contributed by atoms with Gasteiger partial charge in [-0.1, -0.05) is 30.3 Å². The summed E-state index contributed by atoms with van der Waals surface area (Å²) in [5.74, 6) is 2.15. The summed E-state index contributed by atoms with van der Waals surface area (Å²) in [6.07, 6.45) is 6.44. The van der Waals surface area contributed by atoms with Crippen LogP contribution in [0.5, 0.6) is 0 Å². The van der Waals surface area contributed by atoms with Crippen molar-refractivity contribution in [3.05, 3.63) is 77.6 Å². The highest BCUT2D eigenvalue weighted by Crippen LogP contribution is 2.13. The summed E-state index contributed by atoms with van der Waals surface area (Å²) in [7, 11) is 0. The summed E-state index contributed by atoms with van der Waals surface area (Å²) in [5, 5.41) is 8.77. The maximum atomic E-state index is 12.6. The van der Waals surface area contributed by atoms with Gasteiger partial charge in [0.15, 0.2) is 0 Å². The molecular formula is C21H23N5O. The minimum absolute atomic E-state index is 0.158. The summed E-state index contributed by atoms with van der Waals surface area (Å²) in [6.45, 7) is 2.16. The van der Waals surface area contributed by atoms with Crippen LogP contribution in [0, 0.1) is 0 Å². The van der Waals surface area contributed by atoms with Crippen LogP contribution in [0.2, 0.25) is 0 Å². The normalized spacial score (nSPS) is 13.9. The molecule has 0 unspecified atom stereocenters. The number of aryl methyl sites for hydroxylation is 2. The van der Waals surface area contributed by atoms with Crippen LogP contribution in [0.15, 0.2) is 54.9 Å². The quantitative estimate of drug-likeness (QED) is 0.698. The molecule has 0 spiro atoms. The Morgan fingerprint density at radius 1 is 0.889 bits per heavy atom. The van der Waals surface area contributed by atoms with Crippen molar-refractivity contribution in [1.29, 1.82) is 0 Å². The van der Waals surface area contributed by atoms with E-state index >= 15 is 0 Å². The molecule has 3 heterocycles. The lowest BCUT2D eigenvalue weighted by atomic mass is 10.1. The number of benzene rings is 1. The first-order valence-electron chi connectivity index (χ1n) is 9.41. The Morgan fingerprint density at radius 2 is 1.70 bits per heavy atom. The first-order valence-corrected chi connectivity index (χ1v) is 9.41. The zero-order chi connectivity index (χ0) is 18.5. The molecule has 4 rings (SSSR count). The van der Waals surface area contributed by atoms with E-state index in [1.54, 1.807) is 12.4 Å². The molecule has 1 amide bonds. The van der Waals surface area contributed by atoms with Crippen molar-refractivity contribution in [3.8, 4) is 0 Å². The van der Waals surface area contributed by atoms with Gasteiger partial charge in [-0.2, -0.15) is 0 Å². The predicted octanol–water partition coefficient (Wildman–Crippen LogP) is 2.09. The number of pyridine rings is 1. The highest BCUT2D eigenvalue weighted by Gasteiger charge is 2.21. The second-order valence-corrected chi connectivity index (χ2v) is 6.83. The zero-order valence-corrected chi connectivity index (χ0v) is 15.3. The SMILES string of the molecule is O=C(Cc1ccncc1)N1CCc2nnc(CCc3ccccc3)n2CC1. The van der Waals surface area contributed by atoms with E-state index in [1.165, 1.54) is 5.56 Å². The highest BCUT2D eigenvalue weighted by molar-refractivity contribution is 5.78. The predicted molar refractivity (Wildman–Crippen MR) is 102 cm³/mol. The number of aromatic nitrogens is 4. The van der Waals surface area contributed by atoms with Gasteiger partial charge in [0, 0.05) is 44.9 Å². The molecule has 0 aliphatic carbocycles. The highest BCUT2D eigenvalue weighted by atomic mass is 16.2. The number of carbonyl (C=O) groups is 1. The molecule has 6 heteroatoms. The van der Waals surface area contributed by atoms with Gasteiger partial charge < -0.3 is 9.47 Å². The van der Waals surface area contributed by atoms with Crippen LogP contribution in [0.4, 0.5) is 0 Å². The number of hydrogen-bond donors (Lipinski definition) is 0. The topological polar surface area (TPSA) is 63.9 Å². The Labute approximate surface area is 158 Å². The van der Waals surface area contributed by atoms with Gasteiger partial charge in [0.05, 0.1) is 6.42 Å². The van der Waals surface area contributed by atoms with E-state index in [2.05, 4.69) is 44.0 Å². The fraction of sp³-hybridized carbons (Fsp3) is 0.333. The van der Waals surface area contributed by atoms with E-state index in [9.17, 15) is 4.79 Å². The third kappa shape index (κ3) is 4.22. The average molecular weight is 361 g/mol. The number of nitrogens with zero attached hydrogens (tertiary/aromatic N) is 5. The molecule has 0 fully saturated rings. The minimum atomic E-state index is 0.158. The standard InChI is InChI=1S/C21H23N5O/c27-21(16-18-8-11-22-12-9-18)25-13-10-20-24-23-19(26(20)15-14-25)7-6-17-4-2-1-3-5-17/h1-5,8-9,11-12H,6-7,10,13-16H2. The zero-order valence-electron chi connectivity index (χ0n) is 15.3. The molecule has 2 aromatic heterocycles. The summed E-state index contributed by atoms with van der Waals surface area (Å²) in [4.78, 5) is 18.6. The summed E-state index contributed by atoms with van der Waals surface area (Å²) < 4.78 is 2.20. The average Bonchev–Trinajstić information content (AvgIpc) is 2.97. The van der Waals surface area contributed by atoms with Gasteiger partial charge in [-0.05, 0) is 29.7 Å². The van der Waals surface area contributed by atoms with Crippen molar-refractivity contribution >= 4 is 5.91 Å². The van der Waals surface area contributed by atoms with Crippen molar-refractivity contribution < 1.29 is 4.79 Å². The summed E-state index contributed by atoms with van der Waals surface area (Å²) in [6, 6.07) is 14.2. The molecule has 1 aromatic carbocycles. The Bertz CT molecular complexity index is 891. The number of rotatable bonds is 5. The van der Waals surface area contributed by atoms with E-state index in [4.69, 9.17) is 0 Å². The fourth-order valence-electron chi connectivity index (χ4n) is 3.51. The van der Waals surface area contributed by atoms with Gasteiger partial charge in [-0.3, -0.25) is 9.78 Å². The molecule has 0 radical (unpaired) electrons. The van der Waals surface area contributed by atoms with E-state index < -0.39 is 0 Å². The van der Waals surface area contributed by atoms with Crippen molar-refractivity contribution in [2.24, 2.45) is 0 Å². The van der Waals surface area contributed by atoms with Crippen LogP contribution < -0.4 is 0 Å². The maximum Gasteiger partial charge on any atom is 0.227 e. The van der Waals surface area contributed by atoms with Crippen molar-refractivity contribution in [2.75, 3.05) is 13.1 Å². The van der Waals surface area contributed by atoms with Crippen LogP contribution in [0.25, 0.3) is 0 Å². The van der Waals surface area contributed by atoms with E-state index in [0.717, 1.165) is 43.0 Å². The van der Waals surface area contributed by atoms with Crippen molar-refractivity contribution in [1.82, 2.24) is 24.6 Å². The van der Waals surface area contributed by atoms with E-state index in [1.807, 2.05) is 23.1 Å². The molecule has 0 saturated carbocycles. The second-order valence-electron chi connectivity index (χ2n) is 6.83. The summed E-state index contributed by atoms with van der Waals surface area (Å²) >= 11 is 0. The van der Waals surface area contributed by atoms with Crippen molar-refractivity contribution in [3.63, 3.8) is 0 Å². The van der Waals surface area contributed by atoms with Crippen LogP contribution >= 0.6 is 0 Å². The molecule has 27 heavy (non-hydrogen) atoms. The van der Waals surface area contributed by atoms with Crippen LogP contribution in [0.3, 0.4) is 0 Å². The Balaban J connectivity index is 1.38. The first-order chi connectivity index (χ1) is 13.3. The molecule has 0 saturated heterocycles. The van der Waals surface area contributed by atoms with Crippen molar-refractivity contribution in [2.45, 2.75) is 32.2 Å². The second kappa shape index (κ2) is 8.12. The number of carbonyl (C=O) groups excluding carboxylic acids is 1. The number of fused-ring (bicyclic) bond motifs is 1. The smallest absolute Gasteiger partial charge is 0.227 e. The molecular weight excluding hydrogens is 338 g/mol. The molecule has 6 nitrogen and oxygen atoms in total. The van der Waals surface area contributed by atoms with Gasteiger partial charge in [-0.25, -0.2) is 0 Å². The molecule has 0 bridgehead atoms. The molecule has 3 aromatic rings. The fourth-order valence-corrected chi connectivity index (χ4v) is 3.51. The molecule has 1 aliphatic rings. The lowest BCUT2D eigenvalue weighted by Gasteiger charge is -2.20. The minimum Gasteiger partial charge on any atom is -0.340 e. The third-order valence-electron chi connectivity index (χ3n) is 5.04. The van der Waals surface area contributed by atoms with Gasteiger partial charge in [0.25, 0.3) is 0 Å². The van der Waals surface area contributed by atoms with Crippen LogP contribution in [-0.4, -0.2) is 43.6 Å². The molecule has 0 atom stereocenters. The van der Waals surface area contributed by atoms with Crippen LogP contribution in [-0.2, 0) is 37.0 Å². The monoisotopic (exact) mass is 361 g/mol. The molecule has 1 aliphatic heterocycles. The molecule has 0 N–H and O–H groups in total. The number of hydrogen-bond acceptors (Lipinski definition) is 4. The number of amides is 1. The largest absolute Gasteiger partial charge is 0.340 e.